The molecule has 3 aromatic heterocycles. The Kier molecular flexibility index (Phi) is 7.20. The molecule has 1 saturated heterocycles. The molecule has 1 aliphatic rings. The number of pyridine rings is 2. The molecular weight excluding hydrogens is 420 g/mol. The lowest BCUT2D eigenvalue weighted by Gasteiger charge is -2.27. The molecule has 2 N–H and O–H groups in total. The van der Waals surface area contributed by atoms with E-state index in [2.05, 4.69) is 17.1 Å². The Hall–Kier alpha value is -3.04. The number of morpholine rings is 1. The van der Waals surface area contributed by atoms with Crippen LogP contribution in [0.5, 0.6) is 0 Å². The highest BCUT2D eigenvalue weighted by Gasteiger charge is 2.19. The molecule has 1 amide bonds. The highest BCUT2D eigenvalue weighted by molar-refractivity contribution is 5.96. The van der Waals surface area contributed by atoms with Crippen molar-refractivity contribution < 1.29 is 9.53 Å². The van der Waals surface area contributed by atoms with E-state index in [1.807, 2.05) is 19.1 Å². The molecule has 9 heteroatoms. The van der Waals surface area contributed by atoms with Crippen LogP contribution in [-0.2, 0) is 11.3 Å². The first kappa shape index (κ1) is 23.1. The number of nitrogens with one attached hydrogen (secondary N) is 2. The molecule has 4 rings (SSSR count). The van der Waals surface area contributed by atoms with E-state index in [1.54, 1.807) is 10.8 Å². The number of hydrogen-bond acceptors (Lipinski definition) is 6. The summed E-state index contributed by atoms with van der Waals surface area (Å²) in [5.74, 6) is -0.327. The fourth-order valence-corrected chi connectivity index (χ4v) is 4.23. The summed E-state index contributed by atoms with van der Waals surface area (Å²) in [4.78, 5) is 33.4. The summed E-state index contributed by atoms with van der Waals surface area (Å²) in [6, 6.07) is 5.25. The SMILES string of the molecule is CCCCCNC(=O)c1cc2c(=O)n3cccc(C)c3nc2n(CCN2CCOCC2)c1=N. The zero-order valence-corrected chi connectivity index (χ0v) is 19.4. The number of nitrogens with zero attached hydrogens (tertiary/aromatic N) is 4. The van der Waals surface area contributed by atoms with Crippen LogP contribution in [0.2, 0.25) is 0 Å². The number of carbonyl (C=O) groups excluding carboxylic acids is 1. The quantitative estimate of drug-likeness (QED) is 0.400. The van der Waals surface area contributed by atoms with Crippen molar-refractivity contribution in [1.82, 2.24) is 24.2 Å². The van der Waals surface area contributed by atoms with Crippen molar-refractivity contribution in [3.05, 3.63) is 51.4 Å². The van der Waals surface area contributed by atoms with Gasteiger partial charge in [0.25, 0.3) is 11.5 Å². The first-order valence-electron chi connectivity index (χ1n) is 11.7. The Labute approximate surface area is 192 Å². The van der Waals surface area contributed by atoms with Crippen LogP contribution in [-0.4, -0.2) is 64.2 Å². The van der Waals surface area contributed by atoms with E-state index in [0.29, 0.717) is 49.5 Å². The fourth-order valence-electron chi connectivity index (χ4n) is 4.23. The average Bonchev–Trinajstić information content (AvgIpc) is 2.82. The summed E-state index contributed by atoms with van der Waals surface area (Å²) in [6.45, 7) is 8.72. The van der Waals surface area contributed by atoms with Crippen LogP contribution >= 0.6 is 0 Å². The van der Waals surface area contributed by atoms with Crippen LogP contribution in [0.15, 0.2) is 29.2 Å². The van der Waals surface area contributed by atoms with Gasteiger partial charge in [0.1, 0.15) is 16.8 Å². The van der Waals surface area contributed by atoms with Gasteiger partial charge in [-0.25, -0.2) is 4.98 Å². The van der Waals surface area contributed by atoms with Gasteiger partial charge in [0.2, 0.25) is 0 Å². The van der Waals surface area contributed by atoms with Gasteiger partial charge in [-0.15, -0.1) is 0 Å². The van der Waals surface area contributed by atoms with Gasteiger partial charge in [-0.05, 0) is 31.0 Å². The minimum absolute atomic E-state index is 0.0774. The number of rotatable bonds is 8. The molecule has 0 saturated carbocycles. The second kappa shape index (κ2) is 10.3. The molecule has 1 aliphatic heterocycles. The minimum Gasteiger partial charge on any atom is -0.379 e. The van der Waals surface area contributed by atoms with Gasteiger partial charge in [0, 0.05) is 38.9 Å². The third kappa shape index (κ3) is 4.84. The number of ether oxygens (including phenoxy) is 1. The molecule has 3 aromatic rings. The lowest BCUT2D eigenvalue weighted by molar-refractivity contribution is 0.0363. The molecule has 33 heavy (non-hydrogen) atoms. The average molecular weight is 453 g/mol. The van der Waals surface area contributed by atoms with Crippen molar-refractivity contribution >= 4 is 22.6 Å². The molecular formula is C24H32N6O3. The van der Waals surface area contributed by atoms with E-state index >= 15 is 0 Å². The summed E-state index contributed by atoms with van der Waals surface area (Å²) < 4.78 is 8.65. The maximum atomic E-state index is 13.4. The molecule has 0 bridgehead atoms. The predicted molar refractivity (Wildman–Crippen MR) is 127 cm³/mol. The summed E-state index contributed by atoms with van der Waals surface area (Å²) in [5.41, 5.74) is 1.92. The van der Waals surface area contributed by atoms with E-state index in [4.69, 9.17) is 15.1 Å². The van der Waals surface area contributed by atoms with E-state index in [-0.39, 0.29) is 22.5 Å². The number of amides is 1. The number of hydrogen-bond donors (Lipinski definition) is 2. The van der Waals surface area contributed by atoms with Crippen molar-refractivity contribution in [2.75, 3.05) is 39.4 Å². The number of carbonyl (C=O) groups is 1. The second-order valence-corrected chi connectivity index (χ2v) is 8.51. The molecule has 0 aliphatic carbocycles. The van der Waals surface area contributed by atoms with Crippen LogP contribution in [0, 0.1) is 12.3 Å². The summed E-state index contributed by atoms with van der Waals surface area (Å²) in [7, 11) is 0. The standard InChI is InChI=1S/C24H32N6O3/c1-3-4-5-8-26-23(31)18-16-19-22(27-21-17(2)7-6-9-30(21)24(19)32)29(20(18)25)11-10-28-12-14-33-15-13-28/h6-7,9,16,25H,3-5,8,10-15H2,1-2H3,(H,26,31). The van der Waals surface area contributed by atoms with Crippen molar-refractivity contribution in [2.24, 2.45) is 0 Å². The maximum absolute atomic E-state index is 13.4. The van der Waals surface area contributed by atoms with E-state index in [0.717, 1.165) is 37.9 Å². The number of unbranched alkanes of at least 4 members (excludes halogenated alkanes) is 2. The maximum Gasteiger partial charge on any atom is 0.267 e. The molecule has 0 spiro atoms. The normalized spacial score (nSPS) is 14.7. The van der Waals surface area contributed by atoms with E-state index < -0.39 is 0 Å². The van der Waals surface area contributed by atoms with Gasteiger partial charge in [0.05, 0.1) is 24.2 Å². The van der Waals surface area contributed by atoms with Gasteiger partial charge in [0.15, 0.2) is 0 Å². The monoisotopic (exact) mass is 452 g/mol. The number of fused-ring (bicyclic) bond motifs is 2. The summed E-state index contributed by atoms with van der Waals surface area (Å²) in [5, 5.41) is 12.1. The fraction of sp³-hybridized carbons (Fsp3) is 0.500. The Morgan fingerprint density at radius 3 is 2.76 bits per heavy atom. The molecule has 0 atom stereocenters. The zero-order chi connectivity index (χ0) is 23.4. The Balaban J connectivity index is 1.81. The van der Waals surface area contributed by atoms with Crippen LogP contribution in [0.4, 0.5) is 0 Å². The van der Waals surface area contributed by atoms with E-state index in [1.165, 1.54) is 10.5 Å². The Bertz CT molecular complexity index is 1270. The predicted octanol–water partition coefficient (Wildman–Crippen LogP) is 1.69. The van der Waals surface area contributed by atoms with Gasteiger partial charge >= 0.3 is 0 Å². The zero-order valence-electron chi connectivity index (χ0n) is 19.4. The Morgan fingerprint density at radius 1 is 1.21 bits per heavy atom. The lowest BCUT2D eigenvalue weighted by atomic mass is 10.1. The number of aromatic nitrogens is 3. The van der Waals surface area contributed by atoms with E-state index in [9.17, 15) is 9.59 Å². The van der Waals surface area contributed by atoms with Crippen LogP contribution < -0.4 is 16.4 Å². The first-order valence-corrected chi connectivity index (χ1v) is 11.7. The molecule has 4 heterocycles. The van der Waals surface area contributed by atoms with Crippen molar-refractivity contribution in [2.45, 2.75) is 39.7 Å². The van der Waals surface area contributed by atoms with Crippen molar-refractivity contribution in [3.63, 3.8) is 0 Å². The van der Waals surface area contributed by atoms with Crippen molar-refractivity contribution in [1.29, 1.82) is 5.41 Å². The molecule has 176 valence electrons. The lowest BCUT2D eigenvalue weighted by Crippen LogP contribution is -2.41. The topological polar surface area (TPSA) is 105 Å². The largest absolute Gasteiger partial charge is 0.379 e. The number of aryl methyl sites for hydroxylation is 1. The highest BCUT2D eigenvalue weighted by Crippen LogP contribution is 2.13. The highest BCUT2D eigenvalue weighted by atomic mass is 16.5. The molecule has 0 aromatic carbocycles. The Morgan fingerprint density at radius 2 is 2.00 bits per heavy atom. The van der Waals surface area contributed by atoms with Crippen LogP contribution in [0.3, 0.4) is 0 Å². The molecule has 9 nitrogen and oxygen atoms in total. The smallest absolute Gasteiger partial charge is 0.267 e. The third-order valence-corrected chi connectivity index (χ3v) is 6.19. The molecule has 0 radical (unpaired) electrons. The van der Waals surface area contributed by atoms with Gasteiger partial charge in [-0.1, -0.05) is 25.8 Å². The molecule has 1 fully saturated rings. The minimum atomic E-state index is -0.327. The van der Waals surface area contributed by atoms with Gasteiger partial charge in [-0.3, -0.25) is 24.3 Å². The second-order valence-electron chi connectivity index (χ2n) is 8.51. The van der Waals surface area contributed by atoms with Crippen LogP contribution in [0.25, 0.3) is 16.7 Å². The van der Waals surface area contributed by atoms with Crippen molar-refractivity contribution in [3.8, 4) is 0 Å². The first-order chi connectivity index (χ1) is 16.0. The summed E-state index contributed by atoms with van der Waals surface area (Å²) >= 11 is 0. The van der Waals surface area contributed by atoms with Gasteiger partial charge in [-0.2, -0.15) is 0 Å². The van der Waals surface area contributed by atoms with Gasteiger partial charge < -0.3 is 14.6 Å². The van der Waals surface area contributed by atoms with Crippen LogP contribution in [0.1, 0.15) is 42.1 Å². The molecule has 0 unspecified atom stereocenters. The summed E-state index contributed by atoms with van der Waals surface area (Å²) in [6.07, 6.45) is 4.66. The third-order valence-electron chi connectivity index (χ3n) is 6.19.